The lowest BCUT2D eigenvalue weighted by molar-refractivity contribution is 0.175. The molecule has 0 aromatic carbocycles. The van der Waals surface area contributed by atoms with Crippen LogP contribution < -0.4 is 0 Å². The van der Waals surface area contributed by atoms with Gasteiger partial charge in [0.15, 0.2) is 0 Å². The van der Waals surface area contributed by atoms with Gasteiger partial charge in [0, 0.05) is 6.54 Å². The van der Waals surface area contributed by atoms with E-state index in [1.165, 1.54) is 58.3 Å². The van der Waals surface area contributed by atoms with Crippen LogP contribution in [0.2, 0.25) is 0 Å². The molecule has 0 aromatic heterocycles. The van der Waals surface area contributed by atoms with Crippen molar-refractivity contribution in [2.75, 3.05) is 46.0 Å². The van der Waals surface area contributed by atoms with Crippen molar-refractivity contribution < 1.29 is 0 Å². The van der Waals surface area contributed by atoms with Gasteiger partial charge in [0.05, 0.1) is 0 Å². The Hall–Kier alpha value is 0.270. The van der Waals surface area contributed by atoms with Crippen LogP contribution in [0, 0.1) is 5.92 Å². The lowest BCUT2D eigenvalue weighted by atomic mass is 9.96. The summed E-state index contributed by atoms with van der Waals surface area (Å²) in [5.74, 6) is 1.98. The zero-order chi connectivity index (χ0) is 11.8. The van der Waals surface area contributed by atoms with E-state index in [-0.39, 0.29) is 0 Å². The van der Waals surface area contributed by atoms with Crippen LogP contribution in [-0.2, 0) is 0 Å². The highest BCUT2D eigenvalue weighted by molar-refractivity contribution is 7.80. The predicted molar refractivity (Wildman–Crippen MR) is 75.4 cm³/mol. The number of thiol groups is 1. The Labute approximate surface area is 107 Å². The normalized spacial score (nSPS) is 19.5. The fourth-order valence-electron chi connectivity index (χ4n) is 2.45. The Morgan fingerprint density at radius 3 is 2.50 bits per heavy atom. The lowest BCUT2D eigenvalue weighted by Crippen LogP contribution is -2.36. The van der Waals surface area contributed by atoms with E-state index >= 15 is 0 Å². The minimum atomic E-state index is 0.936. The van der Waals surface area contributed by atoms with Gasteiger partial charge < -0.3 is 9.80 Å². The van der Waals surface area contributed by atoms with Crippen molar-refractivity contribution in [3.8, 4) is 0 Å². The van der Waals surface area contributed by atoms with E-state index in [2.05, 4.69) is 36.5 Å². The second kappa shape index (κ2) is 8.37. The quantitative estimate of drug-likeness (QED) is 0.542. The summed E-state index contributed by atoms with van der Waals surface area (Å²) in [7, 11) is 4.51. The Morgan fingerprint density at radius 1 is 1.19 bits per heavy atom. The van der Waals surface area contributed by atoms with Gasteiger partial charge in [-0.2, -0.15) is 12.6 Å². The fourth-order valence-corrected chi connectivity index (χ4v) is 2.67. The van der Waals surface area contributed by atoms with Crippen molar-refractivity contribution in [2.45, 2.75) is 32.1 Å². The van der Waals surface area contributed by atoms with E-state index in [1.807, 2.05) is 0 Å². The monoisotopic (exact) mass is 244 g/mol. The molecule has 1 saturated heterocycles. The van der Waals surface area contributed by atoms with Crippen molar-refractivity contribution in [3.05, 3.63) is 0 Å². The zero-order valence-electron chi connectivity index (χ0n) is 11.0. The number of hydrogen-bond donors (Lipinski definition) is 1. The molecule has 1 aliphatic heterocycles. The Morgan fingerprint density at radius 2 is 1.88 bits per heavy atom. The minimum Gasteiger partial charge on any atom is -0.306 e. The average molecular weight is 244 g/mol. The summed E-state index contributed by atoms with van der Waals surface area (Å²) in [5, 5.41) is 0. The third-order valence-electron chi connectivity index (χ3n) is 3.61. The summed E-state index contributed by atoms with van der Waals surface area (Å²) in [6.45, 7) is 5.14. The van der Waals surface area contributed by atoms with Crippen molar-refractivity contribution in [3.63, 3.8) is 0 Å². The summed E-state index contributed by atoms with van der Waals surface area (Å²) >= 11 is 4.24. The molecule has 16 heavy (non-hydrogen) atoms. The maximum atomic E-state index is 4.24. The molecule has 1 fully saturated rings. The molecule has 1 rings (SSSR count). The number of nitrogens with zero attached hydrogens (tertiary/aromatic N) is 2. The van der Waals surface area contributed by atoms with Crippen LogP contribution in [0.25, 0.3) is 0 Å². The molecule has 96 valence electrons. The topological polar surface area (TPSA) is 6.48 Å². The highest BCUT2D eigenvalue weighted by atomic mass is 32.1. The average Bonchev–Trinajstić information content (AvgIpc) is 2.28. The summed E-state index contributed by atoms with van der Waals surface area (Å²) in [6.07, 6.45) is 6.71. The van der Waals surface area contributed by atoms with Crippen LogP contribution >= 0.6 is 12.6 Å². The molecular formula is C13H28N2S. The van der Waals surface area contributed by atoms with Crippen molar-refractivity contribution in [1.29, 1.82) is 0 Å². The first-order valence-electron chi connectivity index (χ1n) is 6.70. The van der Waals surface area contributed by atoms with Crippen LogP contribution in [-0.4, -0.2) is 55.8 Å². The Balaban J connectivity index is 2.02. The molecule has 0 saturated carbocycles. The largest absolute Gasteiger partial charge is 0.306 e. The molecule has 0 amide bonds. The first-order valence-corrected chi connectivity index (χ1v) is 7.33. The molecular weight excluding hydrogens is 216 g/mol. The van der Waals surface area contributed by atoms with E-state index in [4.69, 9.17) is 0 Å². The molecule has 1 aliphatic rings. The smallest absolute Gasteiger partial charge is 0.000756 e. The molecule has 0 spiro atoms. The number of rotatable bonds is 7. The zero-order valence-corrected chi connectivity index (χ0v) is 11.9. The summed E-state index contributed by atoms with van der Waals surface area (Å²) in [4.78, 5) is 4.97. The molecule has 0 radical (unpaired) electrons. The highest BCUT2D eigenvalue weighted by Gasteiger charge is 2.17. The van der Waals surface area contributed by atoms with Crippen LogP contribution in [0.3, 0.4) is 0 Å². The fraction of sp³-hybridized carbons (Fsp3) is 1.00. The van der Waals surface area contributed by atoms with Gasteiger partial charge in [0.1, 0.15) is 0 Å². The molecule has 0 atom stereocenters. The van der Waals surface area contributed by atoms with Gasteiger partial charge in [-0.15, -0.1) is 0 Å². The molecule has 3 heteroatoms. The molecule has 0 unspecified atom stereocenters. The number of piperidine rings is 1. The minimum absolute atomic E-state index is 0.936. The summed E-state index contributed by atoms with van der Waals surface area (Å²) in [5.41, 5.74) is 0. The van der Waals surface area contributed by atoms with Crippen LogP contribution in [0.4, 0.5) is 0 Å². The lowest BCUT2D eigenvalue weighted by Gasteiger charge is -2.31. The van der Waals surface area contributed by atoms with Gasteiger partial charge in [-0.3, -0.25) is 0 Å². The van der Waals surface area contributed by atoms with Crippen LogP contribution in [0.1, 0.15) is 32.1 Å². The third-order valence-corrected chi connectivity index (χ3v) is 3.92. The van der Waals surface area contributed by atoms with Gasteiger partial charge in [-0.05, 0) is 71.1 Å². The number of unbranched alkanes of at least 4 members (excludes halogenated alkanes) is 2. The predicted octanol–water partition coefficient (Wildman–Crippen LogP) is 2.36. The third kappa shape index (κ3) is 6.12. The van der Waals surface area contributed by atoms with Crippen molar-refractivity contribution >= 4 is 12.6 Å². The summed E-state index contributed by atoms with van der Waals surface area (Å²) in [6, 6.07) is 0. The maximum Gasteiger partial charge on any atom is 0.000756 e. The van der Waals surface area contributed by atoms with E-state index in [1.54, 1.807) is 0 Å². The summed E-state index contributed by atoms with van der Waals surface area (Å²) < 4.78 is 0. The Kier molecular flexibility index (Phi) is 7.50. The van der Waals surface area contributed by atoms with E-state index in [0.29, 0.717) is 0 Å². The Bertz CT molecular complexity index is 167. The number of likely N-dealkylation sites (tertiary alicyclic amines) is 1. The van der Waals surface area contributed by atoms with Crippen molar-refractivity contribution in [1.82, 2.24) is 9.80 Å². The van der Waals surface area contributed by atoms with Gasteiger partial charge in [-0.1, -0.05) is 6.42 Å². The number of hydrogen-bond acceptors (Lipinski definition) is 3. The highest BCUT2D eigenvalue weighted by Crippen LogP contribution is 2.16. The SMILES string of the molecule is CN1CCC(CN(C)CCCCCS)CC1. The second-order valence-electron chi connectivity index (χ2n) is 5.29. The van der Waals surface area contributed by atoms with Gasteiger partial charge in [0.2, 0.25) is 0 Å². The van der Waals surface area contributed by atoms with Crippen molar-refractivity contribution in [2.24, 2.45) is 5.92 Å². The molecule has 2 nitrogen and oxygen atoms in total. The van der Waals surface area contributed by atoms with Gasteiger partial charge >= 0.3 is 0 Å². The van der Waals surface area contributed by atoms with Gasteiger partial charge in [-0.25, -0.2) is 0 Å². The standard InChI is InChI=1S/C13H28N2S/c1-14-9-6-13(7-10-14)12-15(2)8-4-3-5-11-16/h13,16H,3-12H2,1-2H3. The van der Waals surface area contributed by atoms with E-state index in [9.17, 15) is 0 Å². The molecule has 0 aromatic rings. The second-order valence-corrected chi connectivity index (χ2v) is 5.74. The van der Waals surface area contributed by atoms with Gasteiger partial charge in [0.25, 0.3) is 0 Å². The maximum absolute atomic E-state index is 4.24. The van der Waals surface area contributed by atoms with E-state index < -0.39 is 0 Å². The van der Waals surface area contributed by atoms with Crippen LogP contribution in [0.5, 0.6) is 0 Å². The molecule has 1 heterocycles. The molecule has 0 aliphatic carbocycles. The first kappa shape index (κ1) is 14.3. The van der Waals surface area contributed by atoms with Crippen LogP contribution in [0.15, 0.2) is 0 Å². The molecule has 0 bridgehead atoms. The first-order chi connectivity index (χ1) is 7.72. The molecule has 0 N–H and O–H groups in total. The van der Waals surface area contributed by atoms with E-state index in [0.717, 1.165) is 11.7 Å².